The highest BCUT2D eigenvalue weighted by Gasteiger charge is 2.42. The lowest BCUT2D eigenvalue weighted by atomic mass is 9.90. The first kappa shape index (κ1) is 15.8. The van der Waals surface area contributed by atoms with E-state index in [1.165, 1.54) is 18.1 Å². The van der Waals surface area contributed by atoms with Gasteiger partial charge in [-0.2, -0.15) is 0 Å². The lowest BCUT2D eigenvalue weighted by molar-refractivity contribution is -0.146. The molecular formula is C15H18N2O5. The molecule has 2 rings (SSSR count). The van der Waals surface area contributed by atoms with Crippen molar-refractivity contribution in [2.75, 3.05) is 25.5 Å². The summed E-state index contributed by atoms with van der Waals surface area (Å²) in [5.41, 5.74) is -0.125. The Hall–Kier alpha value is -2.57. The molecule has 118 valence electrons. The van der Waals surface area contributed by atoms with Crippen molar-refractivity contribution >= 4 is 23.7 Å². The molecular weight excluding hydrogens is 288 g/mol. The number of urea groups is 1. The fourth-order valence-electron chi connectivity index (χ4n) is 2.35. The summed E-state index contributed by atoms with van der Waals surface area (Å²) in [5.74, 6) is -1.40. The van der Waals surface area contributed by atoms with Crippen molar-refractivity contribution in [3.05, 3.63) is 29.8 Å². The van der Waals surface area contributed by atoms with Crippen molar-refractivity contribution in [3.8, 4) is 0 Å². The minimum Gasteiger partial charge on any atom is -0.481 e. The van der Waals surface area contributed by atoms with Crippen molar-refractivity contribution in [3.63, 3.8) is 0 Å². The number of carboxylic acids is 1. The molecule has 0 spiro atoms. The molecule has 0 aliphatic carbocycles. The van der Waals surface area contributed by atoms with Gasteiger partial charge in [0, 0.05) is 18.8 Å². The van der Waals surface area contributed by atoms with Gasteiger partial charge in [0.1, 0.15) is 0 Å². The van der Waals surface area contributed by atoms with Crippen LogP contribution < -0.4 is 5.32 Å². The third kappa shape index (κ3) is 3.19. The fraction of sp³-hybridized carbons (Fsp3) is 0.400. The number of likely N-dealkylation sites (tertiary alicyclic amines) is 1. The lowest BCUT2D eigenvalue weighted by Crippen LogP contribution is -2.37. The molecule has 0 aromatic heterocycles. The Balaban J connectivity index is 2.04. The Bertz CT molecular complexity index is 616. The Kier molecular flexibility index (Phi) is 4.35. The van der Waals surface area contributed by atoms with Crippen LogP contribution in [0, 0.1) is 5.41 Å². The highest BCUT2D eigenvalue weighted by atomic mass is 16.5. The van der Waals surface area contributed by atoms with Gasteiger partial charge in [-0.05, 0) is 31.5 Å². The van der Waals surface area contributed by atoms with E-state index >= 15 is 0 Å². The van der Waals surface area contributed by atoms with Crippen LogP contribution in [0.2, 0.25) is 0 Å². The van der Waals surface area contributed by atoms with Gasteiger partial charge in [-0.1, -0.05) is 6.07 Å². The summed E-state index contributed by atoms with van der Waals surface area (Å²) in [6, 6.07) is 5.99. The second-order valence-corrected chi connectivity index (χ2v) is 5.54. The number of rotatable bonds is 3. The molecule has 1 aliphatic heterocycles. The number of carboxylic acid groups (broad SMARTS) is 1. The maximum Gasteiger partial charge on any atom is 0.337 e. The van der Waals surface area contributed by atoms with E-state index in [1.807, 2.05) is 0 Å². The summed E-state index contributed by atoms with van der Waals surface area (Å²) < 4.78 is 4.62. The summed E-state index contributed by atoms with van der Waals surface area (Å²) in [5, 5.41) is 11.8. The van der Waals surface area contributed by atoms with Crippen molar-refractivity contribution in [1.82, 2.24) is 4.90 Å². The number of amides is 2. The van der Waals surface area contributed by atoms with Crippen LogP contribution in [0.4, 0.5) is 10.5 Å². The van der Waals surface area contributed by atoms with Crippen LogP contribution in [0.3, 0.4) is 0 Å². The number of nitrogens with zero attached hydrogens (tertiary/aromatic N) is 1. The van der Waals surface area contributed by atoms with Crippen LogP contribution in [0.25, 0.3) is 0 Å². The van der Waals surface area contributed by atoms with Crippen LogP contribution in [0.15, 0.2) is 24.3 Å². The number of benzene rings is 1. The maximum atomic E-state index is 12.2. The summed E-state index contributed by atoms with van der Waals surface area (Å²) in [4.78, 5) is 36.3. The van der Waals surface area contributed by atoms with E-state index in [2.05, 4.69) is 10.1 Å². The smallest absolute Gasteiger partial charge is 0.337 e. The van der Waals surface area contributed by atoms with Gasteiger partial charge in [0.2, 0.25) is 0 Å². The van der Waals surface area contributed by atoms with Gasteiger partial charge in [-0.25, -0.2) is 9.59 Å². The topological polar surface area (TPSA) is 95.9 Å². The number of esters is 1. The van der Waals surface area contributed by atoms with Crippen molar-refractivity contribution < 1.29 is 24.2 Å². The largest absolute Gasteiger partial charge is 0.481 e. The molecule has 0 radical (unpaired) electrons. The SMILES string of the molecule is COC(=O)c1cccc(NC(=O)N2CCC(C)(C(=O)O)C2)c1. The third-order valence-corrected chi connectivity index (χ3v) is 3.81. The number of methoxy groups -OCH3 is 1. The molecule has 0 bridgehead atoms. The molecule has 1 fully saturated rings. The molecule has 7 nitrogen and oxygen atoms in total. The summed E-state index contributed by atoms with van der Waals surface area (Å²) in [7, 11) is 1.28. The first-order chi connectivity index (χ1) is 10.4. The molecule has 1 heterocycles. The average molecular weight is 306 g/mol. The fourth-order valence-corrected chi connectivity index (χ4v) is 2.35. The Morgan fingerprint density at radius 1 is 1.36 bits per heavy atom. The number of hydrogen-bond acceptors (Lipinski definition) is 4. The van der Waals surface area contributed by atoms with E-state index < -0.39 is 17.4 Å². The monoisotopic (exact) mass is 306 g/mol. The van der Waals surface area contributed by atoms with E-state index in [-0.39, 0.29) is 12.6 Å². The third-order valence-electron chi connectivity index (χ3n) is 3.81. The number of carbonyl (C=O) groups is 3. The minimum atomic E-state index is -0.912. The van der Waals surface area contributed by atoms with Crippen LogP contribution in [0.1, 0.15) is 23.7 Å². The molecule has 2 amide bonds. The highest BCUT2D eigenvalue weighted by molar-refractivity contribution is 5.94. The summed E-state index contributed by atoms with van der Waals surface area (Å²) in [6.45, 7) is 2.16. The quantitative estimate of drug-likeness (QED) is 0.830. The molecule has 1 saturated heterocycles. The Morgan fingerprint density at radius 2 is 2.09 bits per heavy atom. The van der Waals surface area contributed by atoms with E-state index in [0.717, 1.165) is 0 Å². The van der Waals surface area contributed by atoms with Gasteiger partial charge < -0.3 is 20.1 Å². The number of nitrogens with one attached hydrogen (secondary N) is 1. The molecule has 1 aliphatic rings. The lowest BCUT2D eigenvalue weighted by Gasteiger charge is -2.20. The number of aliphatic carboxylic acids is 1. The highest BCUT2D eigenvalue weighted by Crippen LogP contribution is 2.30. The normalized spacial score (nSPS) is 20.5. The van der Waals surface area contributed by atoms with Gasteiger partial charge in [-0.3, -0.25) is 4.79 Å². The number of ether oxygens (including phenoxy) is 1. The zero-order chi connectivity index (χ0) is 16.3. The molecule has 1 atom stereocenters. The van der Waals surface area contributed by atoms with Crippen molar-refractivity contribution in [2.24, 2.45) is 5.41 Å². The first-order valence-corrected chi connectivity index (χ1v) is 6.83. The van der Waals surface area contributed by atoms with Gasteiger partial charge in [0.25, 0.3) is 0 Å². The van der Waals surface area contributed by atoms with Crippen molar-refractivity contribution in [1.29, 1.82) is 0 Å². The second-order valence-electron chi connectivity index (χ2n) is 5.54. The predicted octanol–water partition coefficient (Wildman–Crippen LogP) is 1.80. The second kappa shape index (κ2) is 6.05. The molecule has 0 saturated carbocycles. The Morgan fingerprint density at radius 3 is 2.68 bits per heavy atom. The zero-order valence-corrected chi connectivity index (χ0v) is 12.5. The number of carbonyl (C=O) groups excluding carboxylic acids is 2. The number of hydrogen-bond donors (Lipinski definition) is 2. The molecule has 7 heteroatoms. The zero-order valence-electron chi connectivity index (χ0n) is 12.5. The van der Waals surface area contributed by atoms with Crippen molar-refractivity contribution in [2.45, 2.75) is 13.3 Å². The molecule has 2 N–H and O–H groups in total. The van der Waals surface area contributed by atoms with Gasteiger partial charge in [0.05, 0.1) is 18.1 Å². The number of anilines is 1. The van der Waals surface area contributed by atoms with E-state index in [4.69, 9.17) is 0 Å². The van der Waals surface area contributed by atoms with Crippen LogP contribution in [0.5, 0.6) is 0 Å². The van der Waals surface area contributed by atoms with E-state index in [9.17, 15) is 19.5 Å². The van der Waals surface area contributed by atoms with Gasteiger partial charge >= 0.3 is 18.0 Å². The van der Waals surface area contributed by atoms with Crippen LogP contribution >= 0.6 is 0 Å². The van der Waals surface area contributed by atoms with E-state index in [1.54, 1.807) is 25.1 Å². The van der Waals surface area contributed by atoms with Crippen LogP contribution in [-0.4, -0.2) is 48.2 Å². The maximum absolute atomic E-state index is 12.2. The summed E-state index contributed by atoms with van der Waals surface area (Å²) in [6.07, 6.45) is 0.415. The molecule has 1 unspecified atom stereocenters. The molecule has 1 aromatic carbocycles. The van der Waals surface area contributed by atoms with Gasteiger partial charge in [0.15, 0.2) is 0 Å². The average Bonchev–Trinajstić information content (AvgIpc) is 2.91. The van der Waals surface area contributed by atoms with Gasteiger partial charge in [-0.15, -0.1) is 0 Å². The molecule has 22 heavy (non-hydrogen) atoms. The molecule has 1 aromatic rings. The summed E-state index contributed by atoms with van der Waals surface area (Å²) >= 11 is 0. The minimum absolute atomic E-state index is 0.158. The predicted molar refractivity (Wildman–Crippen MR) is 78.7 cm³/mol. The standard InChI is InChI=1S/C15H18N2O5/c1-15(13(19)20)6-7-17(9-15)14(21)16-11-5-3-4-10(8-11)12(18)22-2/h3-5,8H,6-7,9H2,1-2H3,(H,16,21)(H,19,20). The van der Waals surface area contributed by atoms with E-state index in [0.29, 0.717) is 24.2 Å². The first-order valence-electron chi connectivity index (χ1n) is 6.83. The van der Waals surface area contributed by atoms with Crippen LogP contribution in [-0.2, 0) is 9.53 Å². The Labute approximate surface area is 127 Å².